The van der Waals surface area contributed by atoms with Crippen molar-refractivity contribution in [1.82, 2.24) is 0 Å². The van der Waals surface area contributed by atoms with Gasteiger partial charge in [0.25, 0.3) is 0 Å². The Balaban J connectivity index is 2.27. The molecule has 0 saturated carbocycles. The molecule has 0 bridgehead atoms. The minimum absolute atomic E-state index is 0.0474. The van der Waals surface area contributed by atoms with Crippen molar-refractivity contribution in [2.75, 3.05) is 5.48 Å². The van der Waals surface area contributed by atoms with E-state index in [1.165, 1.54) is 30.3 Å². The third kappa shape index (κ3) is 4.68. The molecule has 0 aliphatic heterocycles. The summed E-state index contributed by atoms with van der Waals surface area (Å²) in [4.78, 5) is 11.1. The third-order valence-corrected chi connectivity index (χ3v) is 2.97. The van der Waals surface area contributed by atoms with Crippen LogP contribution in [-0.4, -0.2) is 9.99 Å². The van der Waals surface area contributed by atoms with Crippen LogP contribution in [0.3, 0.4) is 0 Å². The molecule has 2 radical (unpaired) electrons. The summed E-state index contributed by atoms with van der Waals surface area (Å²) in [5.74, 6) is -0.616. The lowest BCUT2D eigenvalue weighted by atomic mass is 10.0. The van der Waals surface area contributed by atoms with Gasteiger partial charge >= 0.3 is 0 Å². The van der Waals surface area contributed by atoms with Crippen molar-refractivity contribution < 1.29 is 24.9 Å². The van der Waals surface area contributed by atoms with Gasteiger partial charge in [-0.05, 0) is 41.0 Å². The number of halogens is 3. The van der Waals surface area contributed by atoms with Gasteiger partial charge in [-0.25, -0.2) is 5.48 Å². The van der Waals surface area contributed by atoms with Gasteiger partial charge < -0.3 is 0 Å². The van der Waals surface area contributed by atoms with Crippen LogP contribution in [-0.2, 0) is 14.8 Å². The fraction of sp³-hybridized carbons (Fsp3) is 0. The molecule has 2 aromatic rings. The maximum atomic E-state index is 12.2. The standard InChI is InChI=1S/C14H10F3NO3S/c1-10(19)11-4-2-5-12(8-11)13-6-3-7-14(9-13)18-21-22(15,16,17)20/h1-9,18H. The SMILES string of the molecule is [CH]C(=O)c1cccc(-c2cccc(NOS(=O)(F)(F)F)c2)c1. The number of Topliss-reactive ketones (excluding diaryl/α,β-unsaturated/α-hetero) is 1. The van der Waals surface area contributed by atoms with Crippen molar-refractivity contribution in [3.63, 3.8) is 0 Å². The molecule has 0 heterocycles. The van der Waals surface area contributed by atoms with Crippen molar-refractivity contribution in [3.8, 4) is 11.1 Å². The topological polar surface area (TPSA) is 55.4 Å². The second-order valence-electron chi connectivity index (χ2n) is 4.33. The first kappa shape index (κ1) is 16.2. The fourth-order valence-corrected chi connectivity index (χ4v) is 1.95. The van der Waals surface area contributed by atoms with Gasteiger partial charge in [0.2, 0.25) is 10.5 Å². The van der Waals surface area contributed by atoms with Crippen LogP contribution in [0.25, 0.3) is 11.1 Å². The Kier molecular flexibility index (Phi) is 4.08. The Morgan fingerprint density at radius 1 is 1.05 bits per heavy atom. The Bertz CT molecular complexity index is 777. The van der Waals surface area contributed by atoms with Crippen LogP contribution in [0.2, 0.25) is 0 Å². The number of nitrogens with one attached hydrogen (secondary N) is 1. The van der Waals surface area contributed by atoms with Crippen LogP contribution >= 0.6 is 0 Å². The van der Waals surface area contributed by atoms with Gasteiger partial charge in [0.05, 0.1) is 5.69 Å². The number of carbonyl (C=O) groups is 1. The highest BCUT2D eigenvalue weighted by atomic mass is 32.4. The van der Waals surface area contributed by atoms with E-state index in [4.69, 9.17) is 6.92 Å². The van der Waals surface area contributed by atoms with Crippen molar-refractivity contribution in [3.05, 3.63) is 61.0 Å². The highest BCUT2D eigenvalue weighted by Gasteiger charge is 2.29. The second kappa shape index (κ2) is 5.54. The largest absolute Gasteiger partial charge is 0.294 e. The lowest BCUT2D eigenvalue weighted by Crippen LogP contribution is -2.20. The number of rotatable bonds is 5. The molecule has 0 aliphatic rings. The summed E-state index contributed by atoms with van der Waals surface area (Å²) in [5, 5.41) is 0. The Morgan fingerprint density at radius 2 is 1.64 bits per heavy atom. The first-order valence-corrected chi connectivity index (χ1v) is 7.48. The quantitative estimate of drug-likeness (QED) is 0.512. The first-order valence-electron chi connectivity index (χ1n) is 5.89. The van der Waals surface area contributed by atoms with Gasteiger partial charge in [-0.1, -0.05) is 34.6 Å². The molecule has 22 heavy (non-hydrogen) atoms. The van der Waals surface area contributed by atoms with Crippen LogP contribution in [0.15, 0.2) is 48.5 Å². The average molecular weight is 329 g/mol. The maximum Gasteiger partial charge on any atom is 0.235 e. The molecule has 116 valence electrons. The minimum atomic E-state index is -7.60. The fourth-order valence-electron chi connectivity index (χ4n) is 1.73. The number of anilines is 1. The van der Waals surface area contributed by atoms with Gasteiger partial charge in [0.1, 0.15) is 0 Å². The van der Waals surface area contributed by atoms with E-state index < -0.39 is 16.3 Å². The van der Waals surface area contributed by atoms with Crippen LogP contribution in [0.5, 0.6) is 0 Å². The summed E-state index contributed by atoms with van der Waals surface area (Å²) in [5.41, 5.74) is 2.92. The molecule has 0 fully saturated rings. The maximum absolute atomic E-state index is 12.2. The van der Waals surface area contributed by atoms with Crippen LogP contribution in [0, 0.1) is 6.92 Å². The molecule has 1 N–H and O–H groups in total. The van der Waals surface area contributed by atoms with Gasteiger partial charge in [0.15, 0.2) is 5.78 Å². The van der Waals surface area contributed by atoms with E-state index in [9.17, 15) is 20.7 Å². The highest BCUT2D eigenvalue weighted by molar-refractivity contribution is 8.02. The molecule has 0 atom stereocenters. The van der Waals surface area contributed by atoms with Crippen molar-refractivity contribution in [2.45, 2.75) is 0 Å². The molecule has 0 unspecified atom stereocenters. The Hall–Kier alpha value is -2.19. The lowest BCUT2D eigenvalue weighted by molar-refractivity contribution is 0.104. The predicted molar refractivity (Wildman–Crippen MR) is 76.7 cm³/mol. The summed E-state index contributed by atoms with van der Waals surface area (Å²) in [6, 6.07) is 12.0. The average Bonchev–Trinajstić information content (AvgIpc) is 2.44. The normalized spacial score (nSPS) is 13.2. The second-order valence-corrected chi connectivity index (χ2v) is 5.74. The van der Waals surface area contributed by atoms with E-state index >= 15 is 0 Å². The molecule has 8 heteroatoms. The van der Waals surface area contributed by atoms with E-state index in [2.05, 4.69) is 4.28 Å². The van der Waals surface area contributed by atoms with Crippen LogP contribution in [0.1, 0.15) is 10.4 Å². The van der Waals surface area contributed by atoms with Gasteiger partial charge in [-0.15, -0.1) is 4.21 Å². The number of hydrogen-bond acceptors (Lipinski definition) is 4. The molecule has 0 aliphatic carbocycles. The van der Waals surface area contributed by atoms with Crippen molar-refractivity contribution in [1.29, 1.82) is 0 Å². The van der Waals surface area contributed by atoms with Gasteiger partial charge in [-0.2, -0.15) is 0 Å². The number of carbonyl (C=O) groups excluding carboxylic acids is 1. The number of hydrogen-bond donors (Lipinski definition) is 1. The molecule has 0 saturated heterocycles. The van der Waals surface area contributed by atoms with E-state index in [1.54, 1.807) is 23.7 Å². The summed E-state index contributed by atoms with van der Waals surface area (Å²) in [6.07, 6.45) is 0. The summed E-state index contributed by atoms with van der Waals surface area (Å²) in [6.45, 7) is 5.17. The van der Waals surface area contributed by atoms with Crippen LogP contribution < -0.4 is 5.48 Å². The summed E-state index contributed by atoms with van der Waals surface area (Å²) >= 11 is 0. The number of benzene rings is 2. The molecule has 2 aromatic carbocycles. The van der Waals surface area contributed by atoms with Crippen LogP contribution in [0.4, 0.5) is 17.3 Å². The molecular formula is C14H10F3NO3S. The molecule has 4 nitrogen and oxygen atoms in total. The Morgan fingerprint density at radius 3 is 2.23 bits per heavy atom. The van der Waals surface area contributed by atoms with Crippen molar-refractivity contribution in [2.24, 2.45) is 0 Å². The highest BCUT2D eigenvalue weighted by Crippen LogP contribution is 2.33. The lowest BCUT2D eigenvalue weighted by Gasteiger charge is -2.18. The summed E-state index contributed by atoms with van der Waals surface area (Å²) in [7, 11) is -7.60. The monoisotopic (exact) mass is 329 g/mol. The zero-order valence-electron chi connectivity index (χ0n) is 11.0. The smallest absolute Gasteiger partial charge is 0.235 e. The zero-order chi connectivity index (χ0) is 16.4. The van der Waals surface area contributed by atoms with Crippen molar-refractivity contribution >= 4 is 22.0 Å². The first-order chi connectivity index (χ1) is 10.1. The molecule has 0 aromatic heterocycles. The molecule has 0 spiro atoms. The minimum Gasteiger partial charge on any atom is -0.294 e. The van der Waals surface area contributed by atoms with Gasteiger partial charge in [0, 0.05) is 12.5 Å². The molecule has 0 amide bonds. The number of ketones is 1. The van der Waals surface area contributed by atoms with Gasteiger partial charge in [-0.3, -0.25) is 4.79 Å². The zero-order valence-corrected chi connectivity index (χ0v) is 11.8. The predicted octanol–water partition coefficient (Wildman–Crippen LogP) is 3.98. The Labute approximate surface area is 125 Å². The molecular weight excluding hydrogens is 319 g/mol. The van der Waals surface area contributed by atoms with E-state index in [-0.39, 0.29) is 11.3 Å². The van der Waals surface area contributed by atoms with E-state index in [1.807, 2.05) is 0 Å². The van der Waals surface area contributed by atoms with E-state index in [0.29, 0.717) is 11.1 Å². The summed E-state index contributed by atoms with van der Waals surface area (Å²) < 4.78 is 50.0. The molecule has 2 rings (SSSR count). The van der Waals surface area contributed by atoms with E-state index in [0.717, 1.165) is 0 Å². The third-order valence-electron chi connectivity index (χ3n) is 2.63.